The Kier molecular flexibility index (Phi) is 4.82. The average Bonchev–Trinajstić information content (AvgIpc) is 2.81. The summed E-state index contributed by atoms with van der Waals surface area (Å²) >= 11 is 6.17. The molecule has 2 aromatic rings. The third-order valence-electron chi connectivity index (χ3n) is 2.92. The molecule has 1 aromatic heterocycles. The van der Waals surface area contributed by atoms with Gasteiger partial charge in [-0.2, -0.15) is 5.10 Å². The van der Waals surface area contributed by atoms with Gasteiger partial charge in [0.1, 0.15) is 5.75 Å². The molecule has 0 radical (unpaired) electrons. The van der Waals surface area contributed by atoms with Crippen LogP contribution in [0, 0.1) is 0 Å². The maximum absolute atomic E-state index is 6.17. The molecule has 0 bridgehead atoms. The zero-order chi connectivity index (χ0) is 13.7. The highest BCUT2D eigenvalue weighted by molar-refractivity contribution is 6.31. The van der Waals surface area contributed by atoms with E-state index in [1.165, 1.54) is 0 Å². The molecule has 0 atom stereocenters. The molecule has 0 spiro atoms. The molecule has 0 aliphatic rings. The maximum atomic E-state index is 6.17. The van der Waals surface area contributed by atoms with Gasteiger partial charge in [-0.3, -0.25) is 4.68 Å². The van der Waals surface area contributed by atoms with Crippen LogP contribution in [0.5, 0.6) is 5.75 Å². The van der Waals surface area contributed by atoms with E-state index in [-0.39, 0.29) is 0 Å². The van der Waals surface area contributed by atoms with Crippen LogP contribution in [-0.2, 0) is 20.0 Å². The monoisotopic (exact) mass is 279 g/mol. The lowest BCUT2D eigenvalue weighted by molar-refractivity contribution is 0.408. The summed E-state index contributed by atoms with van der Waals surface area (Å²) in [6.45, 7) is 1.54. The fourth-order valence-electron chi connectivity index (χ4n) is 1.93. The zero-order valence-electron chi connectivity index (χ0n) is 11.2. The van der Waals surface area contributed by atoms with Crippen molar-refractivity contribution in [3.05, 3.63) is 46.7 Å². The highest BCUT2D eigenvalue weighted by Crippen LogP contribution is 2.25. The number of aryl methyl sites for hydroxylation is 1. The summed E-state index contributed by atoms with van der Waals surface area (Å²) in [5.41, 5.74) is 2.08. The first-order valence-corrected chi connectivity index (χ1v) is 6.59. The zero-order valence-corrected chi connectivity index (χ0v) is 11.9. The summed E-state index contributed by atoms with van der Waals surface area (Å²) in [6, 6.07) is 7.71. The van der Waals surface area contributed by atoms with E-state index in [0.29, 0.717) is 6.54 Å². The Bertz CT molecular complexity index is 539. The molecule has 4 nitrogen and oxygen atoms in total. The van der Waals surface area contributed by atoms with Crippen LogP contribution in [0.2, 0.25) is 5.02 Å². The molecule has 1 aromatic carbocycles. The molecule has 102 valence electrons. The Balaban J connectivity index is 1.86. The van der Waals surface area contributed by atoms with Gasteiger partial charge in [0.05, 0.1) is 12.8 Å². The van der Waals surface area contributed by atoms with Crippen molar-refractivity contribution in [2.24, 2.45) is 7.05 Å². The topological polar surface area (TPSA) is 39.1 Å². The minimum atomic E-state index is 0.690. The standard InChI is InChI=1S/C14H18ClN3O/c1-18-9-7-11(17-18)6-8-16-10-12-13(15)4-3-5-14(12)19-2/h3-5,7,9,16H,6,8,10H2,1-2H3. The molecular formula is C14H18ClN3O. The van der Waals surface area contributed by atoms with Crippen LogP contribution in [0.15, 0.2) is 30.5 Å². The van der Waals surface area contributed by atoms with Gasteiger partial charge in [-0.1, -0.05) is 17.7 Å². The van der Waals surface area contributed by atoms with Crippen LogP contribution < -0.4 is 10.1 Å². The second-order valence-electron chi connectivity index (χ2n) is 4.33. The van der Waals surface area contributed by atoms with Gasteiger partial charge >= 0.3 is 0 Å². The van der Waals surface area contributed by atoms with Gasteiger partial charge in [-0.25, -0.2) is 0 Å². The molecule has 0 aliphatic carbocycles. The predicted molar refractivity (Wildman–Crippen MR) is 76.6 cm³/mol. The van der Waals surface area contributed by atoms with E-state index < -0.39 is 0 Å². The van der Waals surface area contributed by atoms with Crippen molar-refractivity contribution >= 4 is 11.6 Å². The van der Waals surface area contributed by atoms with Gasteiger partial charge in [-0.05, 0) is 18.2 Å². The molecule has 19 heavy (non-hydrogen) atoms. The first-order chi connectivity index (χ1) is 9.20. The third-order valence-corrected chi connectivity index (χ3v) is 3.28. The number of nitrogens with one attached hydrogen (secondary N) is 1. The molecule has 1 N–H and O–H groups in total. The van der Waals surface area contributed by atoms with E-state index in [4.69, 9.17) is 16.3 Å². The van der Waals surface area contributed by atoms with Gasteiger partial charge in [-0.15, -0.1) is 0 Å². The molecule has 5 heteroatoms. The average molecular weight is 280 g/mol. The minimum absolute atomic E-state index is 0.690. The number of benzene rings is 1. The minimum Gasteiger partial charge on any atom is -0.496 e. The number of aromatic nitrogens is 2. The second kappa shape index (κ2) is 6.59. The van der Waals surface area contributed by atoms with E-state index in [1.807, 2.05) is 42.2 Å². The Morgan fingerprint density at radius 2 is 2.21 bits per heavy atom. The van der Waals surface area contributed by atoms with Crippen LogP contribution in [0.25, 0.3) is 0 Å². The highest BCUT2D eigenvalue weighted by atomic mass is 35.5. The second-order valence-corrected chi connectivity index (χ2v) is 4.74. The van der Waals surface area contributed by atoms with Gasteiger partial charge in [0.2, 0.25) is 0 Å². The molecule has 0 saturated carbocycles. The Labute approximate surface area is 118 Å². The predicted octanol–water partition coefficient (Wildman–Crippen LogP) is 2.41. The van der Waals surface area contributed by atoms with E-state index in [1.54, 1.807) is 7.11 Å². The van der Waals surface area contributed by atoms with Gasteiger partial charge in [0.15, 0.2) is 0 Å². The van der Waals surface area contributed by atoms with E-state index in [0.717, 1.165) is 35.0 Å². The van der Waals surface area contributed by atoms with E-state index >= 15 is 0 Å². The summed E-state index contributed by atoms with van der Waals surface area (Å²) in [7, 11) is 3.58. The Morgan fingerprint density at radius 3 is 2.89 bits per heavy atom. The first kappa shape index (κ1) is 13.9. The van der Waals surface area contributed by atoms with Crippen molar-refractivity contribution in [3.8, 4) is 5.75 Å². The molecule has 2 rings (SSSR count). The third kappa shape index (κ3) is 3.72. The Morgan fingerprint density at radius 1 is 1.37 bits per heavy atom. The fourth-order valence-corrected chi connectivity index (χ4v) is 2.16. The fraction of sp³-hybridized carbons (Fsp3) is 0.357. The number of rotatable bonds is 6. The molecule has 1 heterocycles. The molecule has 0 unspecified atom stereocenters. The summed E-state index contributed by atoms with van der Waals surface area (Å²) in [5, 5.41) is 8.42. The smallest absolute Gasteiger partial charge is 0.124 e. The lowest BCUT2D eigenvalue weighted by Gasteiger charge is -2.11. The Hall–Kier alpha value is -1.52. The lowest BCUT2D eigenvalue weighted by Crippen LogP contribution is -2.17. The molecule has 0 saturated heterocycles. The number of hydrogen-bond acceptors (Lipinski definition) is 3. The summed E-state index contributed by atoms with van der Waals surface area (Å²) in [5.74, 6) is 0.817. The summed E-state index contributed by atoms with van der Waals surface area (Å²) < 4.78 is 7.12. The van der Waals surface area contributed by atoms with Gasteiger partial charge in [0, 0.05) is 43.3 Å². The van der Waals surface area contributed by atoms with Crippen molar-refractivity contribution in [1.82, 2.24) is 15.1 Å². The summed E-state index contributed by atoms with van der Waals surface area (Å²) in [6.07, 6.45) is 2.85. The van der Waals surface area contributed by atoms with Crippen molar-refractivity contribution in [3.63, 3.8) is 0 Å². The molecule has 0 aliphatic heterocycles. The first-order valence-electron chi connectivity index (χ1n) is 6.21. The summed E-state index contributed by atoms with van der Waals surface area (Å²) in [4.78, 5) is 0. The van der Waals surface area contributed by atoms with Crippen LogP contribution in [0.1, 0.15) is 11.3 Å². The largest absolute Gasteiger partial charge is 0.496 e. The normalized spacial score (nSPS) is 10.7. The van der Waals surface area contributed by atoms with E-state index in [2.05, 4.69) is 10.4 Å². The van der Waals surface area contributed by atoms with E-state index in [9.17, 15) is 0 Å². The van der Waals surface area contributed by atoms with Crippen molar-refractivity contribution in [1.29, 1.82) is 0 Å². The quantitative estimate of drug-likeness (QED) is 0.826. The molecular weight excluding hydrogens is 262 g/mol. The number of hydrogen-bond donors (Lipinski definition) is 1. The van der Waals surface area contributed by atoms with Crippen LogP contribution >= 0.6 is 11.6 Å². The number of methoxy groups -OCH3 is 1. The van der Waals surface area contributed by atoms with Gasteiger partial charge in [0.25, 0.3) is 0 Å². The maximum Gasteiger partial charge on any atom is 0.124 e. The van der Waals surface area contributed by atoms with Crippen molar-refractivity contribution in [2.45, 2.75) is 13.0 Å². The molecule has 0 fully saturated rings. The van der Waals surface area contributed by atoms with Crippen LogP contribution in [0.3, 0.4) is 0 Å². The number of halogens is 1. The number of ether oxygens (including phenoxy) is 1. The number of nitrogens with zero attached hydrogens (tertiary/aromatic N) is 2. The highest BCUT2D eigenvalue weighted by Gasteiger charge is 2.06. The van der Waals surface area contributed by atoms with Crippen LogP contribution in [-0.4, -0.2) is 23.4 Å². The molecule has 0 amide bonds. The van der Waals surface area contributed by atoms with Crippen molar-refractivity contribution < 1.29 is 4.74 Å². The van der Waals surface area contributed by atoms with Crippen molar-refractivity contribution in [2.75, 3.05) is 13.7 Å². The van der Waals surface area contributed by atoms with Crippen LogP contribution in [0.4, 0.5) is 0 Å². The van der Waals surface area contributed by atoms with Gasteiger partial charge < -0.3 is 10.1 Å². The SMILES string of the molecule is COc1cccc(Cl)c1CNCCc1ccn(C)n1. The lowest BCUT2D eigenvalue weighted by atomic mass is 10.2.